The van der Waals surface area contributed by atoms with E-state index in [9.17, 15) is 4.39 Å². The Morgan fingerprint density at radius 1 is 1.25 bits per heavy atom. The number of hydrogen-bond acceptors (Lipinski definition) is 3. The molecule has 2 rings (SSSR count). The minimum Gasteiger partial charge on any atom is -0.355 e. The van der Waals surface area contributed by atoms with Gasteiger partial charge in [-0.25, -0.2) is 14.4 Å². The van der Waals surface area contributed by atoms with Crippen LogP contribution in [0.25, 0.3) is 0 Å². The number of halogens is 2. The van der Waals surface area contributed by atoms with E-state index in [1.807, 2.05) is 24.1 Å². The van der Waals surface area contributed by atoms with Gasteiger partial charge in [0.05, 0.1) is 0 Å². The molecule has 0 N–H and O–H groups in total. The second-order valence-corrected chi connectivity index (χ2v) is 5.51. The Morgan fingerprint density at radius 3 is 2.75 bits per heavy atom. The Hall–Kier alpha value is -1.49. The van der Waals surface area contributed by atoms with Crippen LogP contribution in [-0.4, -0.2) is 17.0 Å². The van der Waals surface area contributed by atoms with E-state index in [1.165, 1.54) is 6.07 Å². The van der Waals surface area contributed by atoms with Gasteiger partial charge >= 0.3 is 0 Å². The monoisotopic (exact) mass is 337 g/mol. The van der Waals surface area contributed by atoms with Crippen molar-refractivity contribution in [1.82, 2.24) is 9.97 Å². The van der Waals surface area contributed by atoms with Gasteiger partial charge in [-0.3, -0.25) is 0 Å². The predicted molar refractivity (Wildman–Crippen MR) is 82.2 cm³/mol. The lowest BCUT2D eigenvalue weighted by Crippen LogP contribution is -2.18. The average molecular weight is 338 g/mol. The summed E-state index contributed by atoms with van der Waals surface area (Å²) in [6.45, 7) is 2.70. The van der Waals surface area contributed by atoms with Gasteiger partial charge in [-0.15, -0.1) is 0 Å². The van der Waals surface area contributed by atoms with Gasteiger partial charge in [0.15, 0.2) is 0 Å². The molecule has 1 aromatic carbocycles. The summed E-state index contributed by atoms with van der Waals surface area (Å²) in [5.41, 5.74) is 0.916. The van der Waals surface area contributed by atoms with Gasteiger partial charge < -0.3 is 4.90 Å². The predicted octanol–water partition coefficient (Wildman–Crippen LogP) is 3.97. The van der Waals surface area contributed by atoms with Crippen molar-refractivity contribution in [3.63, 3.8) is 0 Å². The summed E-state index contributed by atoms with van der Waals surface area (Å²) in [5, 5.41) is 0. The molecule has 0 saturated heterocycles. The molecule has 2 aromatic rings. The second-order valence-electron chi connectivity index (χ2n) is 4.70. The molecule has 1 heterocycles. The minimum atomic E-state index is -0.216. The molecule has 0 aliphatic rings. The summed E-state index contributed by atoms with van der Waals surface area (Å²) in [6.07, 6.45) is 1.85. The van der Waals surface area contributed by atoms with Crippen LogP contribution in [0, 0.1) is 5.82 Å². The maximum atomic E-state index is 13.2. The summed E-state index contributed by atoms with van der Waals surface area (Å²) in [6, 6.07) is 8.49. The largest absolute Gasteiger partial charge is 0.355 e. The van der Waals surface area contributed by atoms with E-state index in [1.54, 1.807) is 12.1 Å². The first kappa shape index (κ1) is 14.9. The number of nitrogens with zero attached hydrogens (tertiary/aromatic N) is 3. The van der Waals surface area contributed by atoms with Gasteiger partial charge in [0.1, 0.15) is 22.1 Å². The zero-order valence-electron chi connectivity index (χ0n) is 11.6. The van der Waals surface area contributed by atoms with Crippen molar-refractivity contribution in [2.75, 3.05) is 11.9 Å². The third-order valence-corrected chi connectivity index (χ3v) is 3.31. The summed E-state index contributed by atoms with van der Waals surface area (Å²) in [5.74, 6) is 1.44. The molecule has 0 spiro atoms. The number of aromatic nitrogens is 2. The van der Waals surface area contributed by atoms with Crippen LogP contribution in [0.1, 0.15) is 24.7 Å². The van der Waals surface area contributed by atoms with Gasteiger partial charge in [-0.1, -0.05) is 19.1 Å². The highest BCUT2D eigenvalue weighted by molar-refractivity contribution is 9.10. The average Bonchev–Trinajstić information content (AvgIpc) is 2.38. The van der Waals surface area contributed by atoms with Crippen LogP contribution in [-0.2, 0) is 13.0 Å². The van der Waals surface area contributed by atoms with Gasteiger partial charge in [0, 0.05) is 26.1 Å². The van der Waals surface area contributed by atoms with Crippen LogP contribution in [0.3, 0.4) is 0 Å². The summed E-state index contributed by atoms with van der Waals surface area (Å²) in [4.78, 5) is 10.9. The third-order valence-electron chi connectivity index (χ3n) is 2.90. The molecule has 20 heavy (non-hydrogen) atoms. The third kappa shape index (κ3) is 4.00. The van der Waals surface area contributed by atoms with Gasteiger partial charge in [0.25, 0.3) is 0 Å². The molecule has 0 unspecified atom stereocenters. The highest BCUT2D eigenvalue weighted by Gasteiger charge is 2.08. The summed E-state index contributed by atoms with van der Waals surface area (Å²) < 4.78 is 14.0. The molecule has 0 radical (unpaired) electrons. The molecular weight excluding hydrogens is 321 g/mol. The van der Waals surface area contributed by atoms with Gasteiger partial charge in [-0.05, 0) is 40.0 Å². The number of anilines is 1. The van der Waals surface area contributed by atoms with Crippen molar-refractivity contribution >= 4 is 21.7 Å². The molecule has 3 nitrogen and oxygen atoms in total. The van der Waals surface area contributed by atoms with Gasteiger partial charge in [-0.2, -0.15) is 0 Å². The molecule has 0 saturated carbocycles. The maximum absolute atomic E-state index is 13.2. The zero-order chi connectivity index (χ0) is 14.5. The Morgan fingerprint density at radius 2 is 2.05 bits per heavy atom. The molecule has 0 bridgehead atoms. The normalized spacial score (nSPS) is 10.6. The van der Waals surface area contributed by atoms with E-state index >= 15 is 0 Å². The molecule has 5 heteroatoms. The van der Waals surface area contributed by atoms with E-state index < -0.39 is 0 Å². The second kappa shape index (κ2) is 6.79. The maximum Gasteiger partial charge on any atom is 0.133 e. The zero-order valence-corrected chi connectivity index (χ0v) is 13.2. The van der Waals surface area contributed by atoms with Crippen molar-refractivity contribution in [1.29, 1.82) is 0 Å². The first-order valence-electron chi connectivity index (χ1n) is 6.57. The van der Waals surface area contributed by atoms with Crippen molar-refractivity contribution in [2.24, 2.45) is 0 Å². The first-order chi connectivity index (χ1) is 9.58. The molecule has 0 aliphatic carbocycles. The number of aryl methyl sites for hydroxylation is 1. The molecule has 1 aromatic heterocycles. The quantitative estimate of drug-likeness (QED) is 0.773. The number of hydrogen-bond donors (Lipinski definition) is 0. The SMILES string of the molecule is CCCc1nc(Br)cc(N(C)Cc2cccc(F)c2)n1. The van der Waals surface area contributed by atoms with Crippen molar-refractivity contribution in [2.45, 2.75) is 26.3 Å². The lowest BCUT2D eigenvalue weighted by atomic mass is 10.2. The molecule has 106 valence electrons. The fourth-order valence-electron chi connectivity index (χ4n) is 1.97. The Labute approximate surface area is 127 Å². The Kier molecular flexibility index (Phi) is 5.06. The molecule has 0 fully saturated rings. The smallest absolute Gasteiger partial charge is 0.133 e. The van der Waals surface area contributed by atoms with E-state index in [-0.39, 0.29) is 5.82 Å². The lowest BCUT2D eigenvalue weighted by Gasteiger charge is -2.19. The highest BCUT2D eigenvalue weighted by atomic mass is 79.9. The Bertz CT molecular complexity index is 589. The minimum absolute atomic E-state index is 0.216. The lowest BCUT2D eigenvalue weighted by molar-refractivity contribution is 0.625. The van der Waals surface area contributed by atoms with Crippen LogP contribution in [0.5, 0.6) is 0 Å². The molecule has 0 aliphatic heterocycles. The van der Waals surface area contributed by atoms with Crippen LogP contribution in [0.15, 0.2) is 34.9 Å². The first-order valence-corrected chi connectivity index (χ1v) is 7.37. The standard InChI is InChI=1S/C15H17BrFN3/c1-3-5-14-18-13(16)9-15(19-14)20(2)10-11-6-4-7-12(17)8-11/h4,6-9H,3,5,10H2,1-2H3. The van der Waals surface area contributed by atoms with Crippen LogP contribution in [0.2, 0.25) is 0 Å². The van der Waals surface area contributed by atoms with E-state index in [0.717, 1.165) is 34.7 Å². The number of rotatable bonds is 5. The Balaban J connectivity index is 2.18. The fourth-order valence-corrected chi connectivity index (χ4v) is 2.38. The van der Waals surface area contributed by atoms with E-state index in [4.69, 9.17) is 0 Å². The number of benzene rings is 1. The molecular formula is C15H17BrFN3. The summed E-state index contributed by atoms with van der Waals surface area (Å²) in [7, 11) is 1.94. The van der Waals surface area contributed by atoms with Crippen LogP contribution < -0.4 is 4.90 Å². The summed E-state index contributed by atoms with van der Waals surface area (Å²) >= 11 is 3.41. The fraction of sp³-hybridized carbons (Fsp3) is 0.333. The van der Waals surface area contributed by atoms with Crippen molar-refractivity contribution in [3.8, 4) is 0 Å². The van der Waals surface area contributed by atoms with Gasteiger partial charge in [0.2, 0.25) is 0 Å². The molecule has 0 atom stereocenters. The van der Waals surface area contributed by atoms with E-state index in [2.05, 4.69) is 32.8 Å². The highest BCUT2D eigenvalue weighted by Crippen LogP contribution is 2.18. The van der Waals surface area contributed by atoms with Crippen molar-refractivity contribution < 1.29 is 4.39 Å². The van der Waals surface area contributed by atoms with Crippen LogP contribution in [0.4, 0.5) is 10.2 Å². The molecule has 0 amide bonds. The topological polar surface area (TPSA) is 29.0 Å². The van der Waals surface area contributed by atoms with Crippen molar-refractivity contribution in [3.05, 3.63) is 52.1 Å². The van der Waals surface area contributed by atoms with E-state index in [0.29, 0.717) is 6.54 Å². The van der Waals surface area contributed by atoms with Crippen LogP contribution >= 0.6 is 15.9 Å².